The molecule has 2 aliphatic rings. The lowest BCUT2D eigenvalue weighted by Gasteiger charge is -2.36. The average Bonchev–Trinajstić information content (AvgIpc) is 3.36. The molecular formula is C23H29N5O. The number of H-pyrrole nitrogens is 1. The second-order valence-corrected chi connectivity index (χ2v) is 8.43. The van der Waals surface area contributed by atoms with E-state index >= 15 is 0 Å². The van der Waals surface area contributed by atoms with Gasteiger partial charge in [0.05, 0.1) is 30.9 Å². The van der Waals surface area contributed by atoms with E-state index in [2.05, 4.69) is 32.0 Å². The fraction of sp³-hybridized carbons (Fsp3) is 0.478. The van der Waals surface area contributed by atoms with Gasteiger partial charge in [0.1, 0.15) is 0 Å². The van der Waals surface area contributed by atoms with Gasteiger partial charge in [0, 0.05) is 36.2 Å². The third-order valence-electron chi connectivity index (χ3n) is 6.46. The molecule has 1 aromatic carbocycles. The first-order chi connectivity index (χ1) is 14.3. The Morgan fingerprint density at radius 1 is 1.17 bits per heavy atom. The Hall–Kier alpha value is -2.60. The number of amides is 1. The minimum absolute atomic E-state index is 0.0320. The molecule has 1 amide bonds. The topological polar surface area (TPSA) is 66.0 Å². The highest BCUT2D eigenvalue weighted by molar-refractivity contribution is 5.88. The van der Waals surface area contributed by atoms with Crippen molar-refractivity contribution in [1.82, 2.24) is 25.0 Å². The van der Waals surface area contributed by atoms with Crippen LogP contribution in [0, 0.1) is 0 Å². The lowest BCUT2D eigenvalue weighted by atomic mass is 9.94. The van der Waals surface area contributed by atoms with E-state index in [1.54, 1.807) is 0 Å². The number of rotatable bonds is 5. The molecule has 1 aliphatic carbocycles. The van der Waals surface area contributed by atoms with Crippen molar-refractivity contribution in [2.75, 3.05) is 6.54 Å². The molecule has 0 atom stereocenters. The predicted molar refractivity (Wildman–Crippen MR) is 113 cm³/mol. The molecule has 29 heavy (non-hydrogen) atoms. The number of fused-ring (bicyclic) bond motifs is 2. The van der Waals surface area contributed by atoms with Crippen LogP contribution in [0.5, 0.6) is 0 Å². The van der Waals surface area contributed by atoms with Crippen LogP contribution >= 0.6 is 0 Å². The highest BCUT2D eigenvalue weighted by Crippen LogP contribution is 2.26. The third-order valence-corrected chi connectivity index (χ3v) is 6.46. The van der Waals surface area contributed by atoms with E-state index < -0.39 is 0 Å². The van der Waals surface area contributed by atoms with Crippen molar-refractivity contribution in [2.24, 2.45) is 0 Å². The normalized spacial score (nSPS) is 18.1. The van der Waals surface area contributed by atoms with Crippen LogP contribution in [0.2, 0.25) is 0 Å². The number of aromatic amines is 1. The molecule has 0 saturated heterocycles. The first-order valence-electron chi connectivity index (χ1n) is 10.9. The zero-order valence-corrected chi connectivity index (χ0v) is 16.9. The monoisotopic (exact) mass is 391 g/mol. The van der Waals surface area contributed by atoms with Crippen LogP contribution in [0.25, 0.3) is 10.9 Å². The maximum absolute atomic E-state index is 12.5. The van der Waals surface area contributed by atoms with Crippen LogP contribution in [0.3, 0.4) is 0 Å². The van der Waals surface area contributed by atoms with Crippen LogP contribution in [-0.4, -0.2) is 38.2 Å². The SMILES string of the molecule is O=C(Cc1c[nH]c2ccccc12)NCc1cc2n(n1)CCN(C1CCCCC1)C2. The first-order valence-corrected chi connectivity index (χ1v) is 10.9. The van der Waals surface area contributed by atoms with E-state index in [9.17, 15) is 4.79 Å². The lowest BCUT2D eigenvalue weighted by Crippen LogP contribution is -2.42. The molecule has 0 unspecified atom stereocenters. The number of hydrogen-bond acceptors (Lipinski definition) is 3. The number of nitrogens with zero attached hydrogens (tertiary/aromatic N) is 3. The highest BCUT2D eigenvalue weighted by Gasteiger charge is 2.26. The van der Waals surface area contributed by atoms with Gasteiger partial charge in [-0.15, -0.1) is 0 Å². The summed E-state index contributed by atoms with van der Waals surface area (Å²) in [6.07, 6.45) is 9.12. The summed E-state index contributed by atoms with van der Waals surface area (Å²) in [4.78, 5) is 18.3. The Bertz CT molecular complexity index is 998. The average molecular weight is 392 g/mol. The molecule has 6 heteroatoms. The van der Waals surface area contributed by atoms with E-state index in [1.807, 2.05) is 24.4 Å². The number of benzene rings is 1. The van der Waals surface area contributed by atoms with Crippen molar-refractivity contribution in [3.8, 4) is 0 Å². The van der Waals surface area contributed by atoms with Gasteiger partial charge in [-0.25, -0.2) is 0 Å². The van der Waals surface area contributed by atoms with E-state index in [0.29, 0.717) is 13.0 Å². The molecule has 152 valence electrons. The van der Waals surface area contributed by atoms with Crippen molar-refractivity contribution in [1.29, 1.82) is 0 Å². The summed E-state index contributed by atoms with van der Waals surface area (Å²) in [6.45, 7) is 3.52. The molecule has 2 aromatic heterocycles. The summed E-state index contributed by atoms with van der Waals surface area (Å²) in [5, 5.41) is 8.88. The van der Waals surface area contributed by atoms with E-state index in [0.717, 1.165) is 47.8 Å². The van der Waals surface area contributed by atoms with Gasteiger partial charge < -0.3 is 10.3 Å². The van der Waals surface area contributed by atoms with Gasteiger partial charge in [-0.2, -0.15) is 5.10 Å². The molecule has 0 bridgehead atoms. The number of para-hydroxylation sites is 1. The second-order valence-electron chi connectivity index (χ2n) is 8.43. The molecular weight excluding hydrogens is 362 g/mol. The van der Waals surface area contributed by atoms with E-state index in [-0.39, 0.29) is 5.91 Å². The van der Waals surface area contributed by atoms with Gasteiger partial charge in [0.25, 0.3) is 0 Å². The largest absolute Gasteiger partial charge is 0.361 e. The van der Waals surface area contributed by atoms with Gasteiger partial charge in [0.15, 0.2) is 0 Å². The molecule has 1 saturated carbocycles. The number of aromatic nitrogens is 3. The minimum atomic E-state index is 0.0320. The molecule has 0 spiro atoms. The van der Waals surface area contributed by atoms with Gasteiger partial charge in [-0.3, -0.25) is 14.4 Å². The van der Waals surface area contributed by atoms with Crippen molar-refractivity contribution in [3.05, 3.63) is 53.5 Å². The van der Waals surface area contributed by atoms with Crippen molar-refractivity contribution >= 4 is 16.8 Å². The summed E-state index contributed by atoms with van der Waals surface area (Å²) < 4.78 is 2.13. The quantitative estimate of drug-likeness (QED) is 0.701. The smallest absolute Gasteiger partial charge is 0.224 e. The zero-order valence-electron chi connectivity index (χ0n) is 16.9. The minimum Gasteiger partial charge on any atom is -0.361 e. The third kappa shape index (κ3) is 3.94. The molecule has 5 rings (SSSR count). The van der Waals surface area contributed by atoms with Gasteiger partial charge in [-0.1, -0.05) is 37.5 Å². The summed E-state index contributed by atoms with van der Waals surface area (Å²) in [7, 11) is 0. The van der Waals surface area contributed by atoms with Crippen LogP contribution in [0.15, 0.2) is 36.5 Å². The zero-order chi connectivity index (χ0) is 19.6. The summed E-state index contributed by atoms with van der Waals surface area (Å²) in [5.74, 6) is 0.0320. The van der Waals surface area contributed by atoms with Crippen molar-refractivity contribution in [2.45, 2.75) is 64.2 Å². The van der Waals surface area contributed by atoms with Crippen LogP contribution in [-0.2, 0) is 30.8 Å². The first kappa shape index (κ1) is 18.4. The maximum Gasteiger partial charge on any atom is 0.224 e. The molecule has 2 N–H and O–H groups in total. The Morgan fingerprint density at radius 2 is 2.03 bits per heavy atom. The van der Waals surface area contributed by atoms with Gasteiger partial charge >= 0.3 is 0 Å². The maximum atomic E-state index is 12.5. The number of hydrogen-bond donors (Lipinski definition) is 2. The van der Waals surface area contributed by atoms with Crippen molar-refractivity contribution < 1.29 is 4.79 Å². The van der Waals surface area contributed by atoms with Crippen LogP contribution in [0.1, 0.15) is 49.1 Å². The molecule has 1 fully saturated rings. The Balaban J connectivity index is 1.18. The predicted octanol–water partition coefficient (Wildman–Crippen LogP) is 3.37. The molecule has 0 radical (unpaired) electrons. The molecule has 3 aromatic rings. The van der Waals surface area contributed by atoms with Crippen LogP contribution < -0.4 is 5.32 Å². The number of carbonyl (C=O) groups is 1. The van der Waals surface area contributed by atoms with Crippen LogP contribution in [0.4, 0.5) is 0 Å². The van der Waals surface area contributed by atoms with E-state index in [1.165, 1.54) is 37.8 Å². The molecule has 1 aliphatic heterocycles. The lowest BCUT2D eigenvalue weighted by molar-refractivity contribution is -0.120. The summed E-state index contributed by atoms with van der Waals surface area (Å²) in [5.41, 5.74) is 4.34. The van der Waals surface area contributed by atoms with Crippen molar-refractivity contribution in [3.63, 3.8) is 0 Å². The standard InChI is InChI=1S/C23H29N5O/c29-23(12-17-14-24-22-9-5-4-8-21(17)22)25-15-18-13-20-16-27(10-11-28(20)26-18)19-6-2-1-3-7-19/h4-5,8-9,13-14,19,24H,1-3,6-7,10-12,15-16H2,(H,25,29). The Labute approximate surface area is 171 Å². The van der Waals surface area contributed by atoms with Gasteiger partial charge in [0.2, 0.25) is 5.91 Å². The Kier molecular flexibility index (Phi) is 5.10. The highest BCUT2D eigenvalue weighted by atomic mass is 16.1. The second kappa shape index (κ2) is 8.03. The summed E-state index contributed by atoms with van der Waals surface area (Å²) >= 11 is 0. The van der Waals surface area contributed by atoms with E-state index in [4.69, 9.17) is 5.10 Å². The fourth-order valence-electron chi connectivity index (χ4n) is 4.89. The Morgan fingerprint density at radius 3 is 2.93 bits per heavy atom. The molecule has 6 nitrogen and oxygen atoms in total. The fourth-order valence-corrected chi connectivity index (χ4v) is 4.89. The number of nitrogens with one attached hydrogen (secondary N) is 2. The number of carbonyl (C=O) groups excluding carboxylic acids is 1. The molecule has 3 heterocycles. The van der Waals surface area contributed by atoms with Gasteiger partial charge in [-0.05, 0) is 30.5 Å². The summed E-state index contributed by atoms with van der Waals surface area (Å²) in [6, 6.07) is 11.0.